The molecule has 1 unspecified atom stereocenters. The molecule has 0 radical (unpaired) electrons. The summed E-state index contributed by atoms with van der Waals surface area (Å²) in [4.78, 5) is 1.29. The highest BCUT2D eigenvalue weighted by Gasteiger charge is 2.33. The maximum Gasteiger partial charge on any atom is 0.140 e. The molecule has 3 aromatic rings. The Balaban J connectivity index is 0.00000272. The first-order valence-corrected chi connectivity index (χ1v) is 10.3. The zero-order valence-corrected chi connectivity index (χ0v) is 18.7. The van der Waals surface area contributed by atoms with Crippen molar-refractivity contribution >= 4 is 5.76 Å². The molecule has 31 heavy (non-hydrogen) atoms. The third-order valence-corrected chi connectivity index (χ3v) is 5.26. The molecule has 0 bridgehead atoms. The van der Waals surface area contributed by atoms with Gasteiger partial charge in [0.05, 0.1) is 20.7 Å². The van der Waals surface area contributed by atoms with E-state index in [-0.39, 0.29) is 24.1 Å². The first-order valence-electron chi connectivity index (χ1n) is 10.3. The number of quaternary nitrogens is 1. The number of likely N-dealkylation sites (N-methyl/N-ethyl adjacent to an activating group) is 1. The highest BCUT2D eigenvalue weighted by Crippen LogP contribution is 2.45. The number of ether oxygens (including phenoxy) is 2. The Morgan fingerprint density at radius 2 is 1.61 bits per heavy atom. The first-order chi connectivity index (χ1) is 14.6. The summed E-state index contributed by atoms with van der Waals surface area (Å²) >= 11 is 0. The summed E-state index contributed by atoms with van der Waals surface area (Å²) < 4.78 is 25.7. The molecule has 0 saturated heterocycles. The molecule has 0 fully saturated rings. The summed E-state index contributed by atoms with van der Waals surface area (Å²) in [6.45, 7) is 3.41. The van der Waals surface area contributed by atoms with Crippen molar-refractivity contribution in [3.05, 3.63) is 101 Å². The van der Waals surface area contributed by atoms with Gasteiger partial charge >= 0.3 is 0 Å². The molecule has 162 valence electrons. The summed E-state index contributed by atoms with van der Waals surface area (Å²) in [5.41, 5.74) is 4.36. The van der Waals surface area contributed by atoms with Gasteiger partial charge in [-0.1, -0.05) is 30.3 Å². The van der Waals surface area contributed by atoms with Gasteiger partial charge in [-0.05, 0) is 55.0 Å². The monoisotopic (exact) mass is 439 g/mol. The lowest BCUT2D eigenvalue weighted by atomic mass is 9.81. The Hall–Kier alpha value is -2.82. The molecule has 3 nitrogen and oxygen atoms in total. The molecular formula is C26H27ClFNO2. The van der Waals surface area contributed by atoms with Crippen LogP contribution in [0.25, 0.3) is 5.76 Å². The Morgan fingerprint density at radius 1 is 0.935 bits per heavy atom. The van der Waals surface area contributed by atoms with Gasteiger partial charge in [0.25, 0.3) is 0 Å². The van der Waals surface area contributed by atoms with E-state index in [4.69, 9.17) is 9.47 Å². The number of para-hydroxylation sites is 1. The number of nitrogens with one attached hydrogen (secondary N) is 1. The van der Waals surface area contributed by atoms with Gasteiger partial charge in [-0.3, -0.25) is 0 Å². The van der Waals surface area contributed by atoms with Crippen LogP contribution in [-0.2, 0) is 0 Å². The van der Waals surface area contributed by atoms with Crippen molar-refractivity contribution in [3.8, 4) is 11.5 Å². The number of fused-ring (bicyclic) bond motifs is 1. The molecule has 5 heteroatoms. The van der Waals surface area contributed by atoms with E-state index in [1.165, 1.54) is 22.6 Å². The Bertz CT molecular complexity index is 1050. The zero-order valence-electron chi connectivity index (χ0n) is 18.0. The van der Waals surface area contributed by atoms with Gasteiger partial charge in [-0.15, -0.1) is 0 Å². The number of halogens is 2. The van der Waals surface area contributed by atoms with Gasteiger partial charge in [0.1, 0.15) is 29.6 Å². The topological polar surface area (TPSA) is 22.9 Å². The van der Waals surface area contributed by atoms with E-state index >= 15 is 0 Å². The van der Waals surface area contributed by atoms with Crippen molar-refractivity contribution in [1.82, 2.24) is 0 Å². The van der Waals surface area contributed by atoms with Crippen LogP contribution in [-0.4, -0.2) is 27.2 Å². The van der Waals surface area contributed by atoms with E-state index < -0.39 is 0 Å². The first kappa shape index (κ1) is 22.9. The summed E-state index contributed by atoms with van der Waals surface area (Å²) in [6.07, 6.45) is 0. The molecule has 1 heterocycles. The van der Waals surface area contributed by atoms with Crippen LogP contribution in [0.2, 0.25) is 0 Å². The number of rotatable bonds is 6. The molecule has 1 aliphatic heterocycles. The van der Waals surface area contributed by atoms with E-state index in [1.807, 2.05) is 61.5 Å². The van der Waals surface area contributed by atoms with E-state index in [2.05, 4.69) is 20.2 Å². The second-order valence-corrected chi connectivity index (χ2v) is 7.82. The minimum Gasteiger partial charge on any atom is -1.00 e. The smallest absolute Gasteiger partial charge is 0.140 e. The molecule has 0 saturated carbocycles. The van der Waals surface area contributed by atoms with Gasteiger partial charge in [0, 0.05) is 22.6 Å². The van der Waals surface area contributed by atoms with E-state index in [1.54, 1.807) is 0 Å². The predicted octanol–water partition coefficient (Wildman–Crippen LogP) is 1.31. The van der Waals surface area contributed by atoms with Gasteiger partial charge in [0.2, 0.25) is 0 Å². The fraction of sp³-hybridized carbons (Fsp3) is 0.231. The third kappa shape index (κ3) is 4.92. The number of hydrogen-bond donors (Lipinski definition) is 1. The number of hydrogen-bond acceptors (Lipinski definition) is 2. The average Bonchev–Trinajstić information content (AvgIpc) is 2.75. The Morgan fingerprint density at radius 3 is 2.26 bits per heavy atom. The van der Waals surface area contributed by atoms with Crippen LogP contribution in [0.3, 0.4) is 0 Å². The second-order valence-electron chi connectivity index (χ2n) is 7.82. The normalized spacial score (nSPS) is 15.2. The fourth-order valence-electron chi connectivity index (χ4n) is 4.02. The maximum absolute atomic E-state index is 13.6. The molecule has 4 rings (SSSR count). The van der Waals surface area contributed by atoms with Crippen molar-refractivity contribution in [3.63, 3.8) is 0 Å². The molecule has 0 aromatic heterocycles. The average molecular weight is 440 g/mol. The molecule has 0 amide bonds. The van der Waals surface area contributed by atoms with Crippen molar-refractivity contribution in [2.24, 2.45) is 0 Å². The standard InChI is InChI=1S/C26H26FNO2.ClH/c1-4-29-21-15-11-19(12-16-21)26-23(17-28(2)3)25(18-9-13-20(27)14-10-18)22-7-5-6-8-24(22)30-26;/h5-16,25H,4,17H2,1-3H3;1H. The second kappa shape index (κ2) is 9.99. The lowest BCUT2D eigenvalue weighted by molar-refractivity contribution is -0.853. The minimum atomic E-state index is -0.227. The number of benzene rings is 3. The van der Waals surface area contributed by atoms with E-state index in [9.17, 15) is 4.39 Å². The molecule has 3 aromatic carbocycles. The highest BCUT2D eigenvalue weighted by atomic mass is 35.5. The summed E-state index contributed by atoms with van der Waals surface area (Å²) in [7, 11) is 4.26. The minimum absolute atomic E-state index is 0. The van der Waals surface area contributed by atoms with Crippen LogP contribution in [0.1, 0.15) is 29.5 Å². The van der Waals surface area contributed by atoms with Crippen LogP contribution in [0.5, 0.6) is 11.5 Å². The quantitative estimate of drug-likeness (QED) is 0.626. The highest BCUT2D eigenvalue weighted by molar-refractivity contribution is 5.72. The van der Waals surface area contributed by atoms with Gasteiger partial charge in [0.15, 0.2) is 0 Å². The van der Waals surface area contributed by atoms with Crippen LogP contribution in [0.4, 0.5) is 4.39 Å². The largest absolute Gasteiger partial charge is 1.00 e. The van der Waals surface area contributed by atoms with Crippen LogP contribution < -0.4 is 26.8 Å². The van der Waals surface area contributed by atoms with Crippen molar-refractivity contribution in [2.75, 3.05) is 27.2 Å². The summed E-state index contributed by atoms with van der Waals surface area (Å²) in [5.74, 6) is 2.33. The predicted molar refractivity (Wildman–Crippen MR) is 118 cm³/mol. The molecule has 1 N–H and O–H groups in total. The van der Waals surface area contributed by atoms with Gasteiger partial charge in [-0.2, -0.15) is 0 Å². The molecule has 0 aliphatic carbocycles. The third-order valence-electron chi connectivity index (χ3n) is 5.26. The van der Waals surface area contributed by atoms with Gasteiger partial charge < -0.3 is 26.8 Å². The van der Waals surface area contributed by atoms with Gasteiger partial charge in [-0.25, -0.2) is 4.39 Å². The van der Waals surface area contributed by atoms with Crippen molar-refractivity contribution in [2.45, 2.75) is 12.8 Å². The maximum atomic E-state index is 13.6. The lowest BCUT2D eigenvalue weighted by Crippen LogP contribution is -3.06. The molecule has 1 aliphatic rings. The van der Waals surface area contributed by atoms with Crippen LogP contribution in [0, 0.1) is 5.82 Å². The molecule has 0 spiro atoms. The summed E-state index contributed by atoms with van der Waals surface area (Å²) in [6, 6.07) is 23.0. The molecular weight excluding hydrogens is 413 g/mol. The lowest BCUT2D eigenvalue weighted by Gasteiger charge is -2.31. The van der Waals surface area contributed by atoms with Crippen LogP contribution in [0.15, 0.2) is 78.4 Å². The van der Waals surface area contributed by atoms with E-state index in [0.29, 0.717) is 6.61 Å². The van der Waals surface area contributed by atoms with Crippen molar-refractivity contribution < 1.29 is 31.2 Å². The Labute approximate surface area is 189 Å². The molecule has 1 atom stereocenters. The Kier molecular flexibility index (Phi) is 7.37. The van der Waals surface area contributed by atoms with E-state index in [0.717, 1.165) is 40.5 Å². The zero-order chi connectivity index (χ0) is 21.1. The van der Waals surface area contributed by atoms with Crippen molar-refractivity contribution in [1.29, 1.82) is 0 Å². The van der Waals surface area contributed by atoms with Crippen LogP contribution >= 0.6 is 0 Å². The summed E-state index contributed by atoms with van der Waals surface area (Å²) in [5, 5.41) is 0. The SMILES string of the molecule is CCOc1ccc(C2=C(C[NH+](C)C)C(c3ccc(F)cc3)c3ccccc3O2)cc1.[Cl-]. The fourth-order valence-corrected chi connectivity index (χ4v) is 4.02.